The van der Waals surface area contributed by atoms with E-state index in [0.717, 1.165) is 35.1 Å². The summed E-state index contributed by atoms with van der Waals surface area (Å²) in [6.07, 6.45) is 0. The van der Waals surface area contributed by atoms with Gasteiger partial charge < -0.3 is 20.5 Å². The van der Waals surface area contributed by atoms with Gasteiger partial charge >= 0.3 is 0 Å². The lowest BCUT2D eigenvalue weighted by Crippen LogP contribution is -2.08. The Bertz CT molecular complexity index is 636. The minimum Gasteiger partial charge on any atom is -0.454 e. The monoisotopic (exact) mass is 274 g/mol. The molecule has 1 aromatic heterocycles. The Morgan fingerprint density at radius 3 is 2.95 bits per heavy atom. The van der Waals surface area contributed by atoms with E-state index in [2.05, 4.69) is 10.4 Å². The average molecular weight is 274 g/mol. The van der Waals surface area contributed by atoms with Crippen molar-refractivity contribution in [2.75, 3.05) is 17.8 Å². The van der Waals surface area contributed by atoms with Gasteiger partial charge in [-0.05, 0) is 31.5 Å². The molecule has 6 heteroatoms. The third-order valence-electron chi connectivity index (χ3n) is 3.37. The van der Waals surface area contributed by atoms with Crippen molar-refractivity contribution in [3.05, 3.63) is 29.5 Å². The van der Waals surface area contributed by atoms with Crippen LogP contribution in [0, 0.1) is 6.92 Å². The Morgan fingerprint density at radius 2 is 2.15 bits per heavy atom. The molecule has 0 saturated heterocycles. The Morgan fingerprint density at radius 1 is 1.35 bits per heavy atom. The topological polar surface area (TPSA) is 74.3 Å². The van der Waals surface area contributed by atoms with Gasteiger partial charge in [-0.25, -0.2) is 4.68 Å². The maximum atomic E-state index is 6.04. The molecule has 0 amide bonds. The zero-order valence-electron chi connectivity index (χ0n) is 11.6. The van der Waals surface area contributed by atoms with Gasteiger partial charge in [0, 0.05) is 13.1 Å². The lowest BCUT2D eigenvalue weighted by Gasteiger charge is -2.09. The normalized spacial score (nSPS) is 12.7. The zero-order chi connectivity index (χ0) is 14.1. The van der Waals surface area contributed by atoms with Crippen molar-refractivity contribution in [3.8, 4) is 11.5 Å². The van der Waals surface area contributed by atoms with Gasteiger partial charge in [-0.3, -0.25) is 0 Å². The molecule has 2 heterocycles. The largest absolute Gasteiger partial charge is 0.454 e. The van der Waals surface area contributed by atoms with Gasteiger partial charge in [0.25, 0.3) is 0 Å². The number of benzene rings is 1. The quantitative estimate of drug-likeness (QED) is 0.893. The van der Waals surface area contributed by atoms with Crippen LogP contribution in [-0.2, 0) is 13.1 Å². The number of hydrogen-bond acceptors (Lipinski definition) is 5. The molecule has 3 N–H and O–H groups in total. The van der Waals surface area contributed by atoms with Crippen LogP contribution in [0.3, 0.4) is 0 Å². The first kappa shape index (κ1) is 12.7. The van der Waals surface area contributed by atoms with Crippen molar-refractivity contribution < 1.29 is 9.47 Å². The minimum atomic E-state index is 0.293. The third-order valence-corrected chi connectivity index (χ3v) is 3.37. The predicted molar refractivity (Wildman–Crippen MR) is 76.9 cm³/mol. The Labute approximate surface area is 117 Å². The van der Waals surface area contributed by atoms with Crippen molar-refractivity contribution in [1.29, 1.82) is 0 Å². The molecule has 2 aromatic rings. The number of nitrogens with two attached hydrogens (primary N) is 1. The van der Waals surface area contributed by atoms with Crippen LogP contribution in [0.4, 0.5) is 11.5 Å². The number of nitrogens with one attached hydrogen (secondary N) is 1. The summed E-state index contributed by atoms with van der Waals surface area (Å²) in [5.74, 6) is 2.45. The number of fused-ring (bicyclic) bond motifs is 1. The highest BCUT2D eigenvalue weighted by Crippen LogP contribution is 2.33. The highest BCUT2D eigenvalue weighted by atomic mass is 16.7. The van der Waals surface area contributed by atoms with Crippen LogP contribution in [0.5, 0.6) is 11.5 Å². The van der Waals surface area contributed by atoms with Gasteiger partial charge in [0.2, 0.25) is 6.79 Å². The van der Waals surface area contributed by atoms with Crippen molar-refractivity contribution in [3.63, 3.8) is 0 Å². The van der Waals surface area contributed by atoms with Crippen molar-refractivity contribution in [1.82, 2.24) is 9.78 Å². The second kappa shape index (κ2) is 4.96. The lowest BCUT2D eigenvalue weighted by atomic mass is 10.2. The maximum Gasteiger partial charge on any atom is 0.231 e. The van der Waals surface area contributed by atoms with Gasteiger partial charge in [-0.2, -0.15) is 5.10 Å². The average Bonchev–Trinajstić information content (AvgIpc) is 3.02. The van der Waals surface area contributed by atoms with Gasteiger partial charge in [-0.15, -0.1) is 0 Å². The first-order valence-electron chi connectivity index (χ1n) is 6.64. The first-order valence-corrected chi connectivity index (χ1v) is 6.64. The van der Waals surface area contributed by atoms with Gasteiger partial charge in [-0.1, -0.05) is 6.07 Å². The summed E-state index contributed by atoms with van der Waals surface area (Å²) in [5.41, 5.74) is 8.70. The third kappa shape index (κ3) is 2.13. The van der Waals surface area contributed by atoms with E-state index < -0.39 is 0 Å². The number of nitrogen functional groups attached to an aromatic ring is 1. The molecule has 106 valence electrons. The molecule has 6 nitrogen and oxygen atoms in total. The zero-order valence-corrected chi connectivity index (χ0v) is 11.6. The predicted octanol–water partition coefficient (Wildman–Crippen LogP) is 2.13. The van der Waals surface area contributed by atoms with Gasteiger partial charge in [0.05, 0.1) is 11.4 Å². The van der Waals surface area contributed by atoms with Crippen LogP contribution in [0.25, 0.3) is 0 Å². The fraction of sp³-hybridized carbons (Fsp3) is 0.357. The molecule has 0 atom stereocenters. The van der Waals surface area contributed by atoms with E-state index in [9.17, 15) is 0 Å². The molecule has 1 aromatic carbocycles. The van der Waals surface area contributed by atoms with Crippen molar-refractivity contribution in [2.45, 2.75) is 26.9 Å². The smallest absolute Gasteiger partial charge is 0.231 e. The minimum absolute atomic E-state index is 0.293. The fourth-order valence-corrected chi connectivity index (χ4v) is 2.25. The standard InChI is InChI=1S/C14H18N4O2/c1-3-18-14(13(15)9(2)17-18)16-7-10-4-5-11-12(6-10)20-8-19-11/h4-6,16H,3,7-8,15H2,1-2H3. The summed E-state index contributed by atoms with van der Waals surface area (Å²) >= 11 is 0. The molecular weight excluding hydrogens is 256 g/mol. The van der Waals surface area contributed by atoms with Crippen LogP contribution in [-0.4, -0.2) is 16.6 Å². The number of aryl methyl sites for hydroxylation is 2. The molecule has 1 aliphatic heterocycles. The number of ether oxygens (including phenoxy) is 2. The van der Waals surface area contributed by atoms with Crippen LogP contribution >= 0.6 is 0 Å². The van der Waals surface area contributed by atoms with Crippen LogP contribution in [0.2, 0.25) is 0 Å². The fourth-order valence-electron chi connectivity index (χ4n) is 2.25. The van der Waals surface area contributed by atoms with Crippen LogP contribution in [0.1, 0.15) is 18.2 Å². The van der Waals surface area contributed by atoms with Crippen molar-refractivity contribution in [2.24, 2.45) is 0 Å². The number of aromatic nitrogens is 2. The van der Waals surface area contributed by atoms with E-state index in [0.29, 0.717) is 19.0 Å². The molecule has 0 bridgehead atoms. The number of hydrogen-bond donors (Lipinski definition) is 2. The molecule has 1 aliphatic rings. The summed E-state index contributed by atoms with van der Waals surface area (Å²) in [6, 6.07) is 5.91. The molecule has 0 radical (unpaired) electrons. The van der Waals surface area contributed by atoms with Gasteiger partial charge in [0.15, 0.2) is 11.5 Å². The molecule has 0 spiro atoms. The molecule has 0 unspecified atom stereocenters. The summed E-state index contributed by atoms with van der Waals surface area (Å²) in [4.78, 5) is 0. The Balaban J connectivity index is 1.77. The molecule has 20 heavy (non-hydrogen) atoms. The van der Waals surface area contributed by atoms with Crippen LogP contribution < -0.4 is 20.5 Å². The van der Waals surface area contributed by atoms with E-state index in [1.165, 1.54) is 0 Å². The highest BCUT2D eigenvalue weighted by Gasteiger charge is 2.14. The van der Waals surface area contributed by atoms with E-state index in [-0.39, 0.29) is 0 Å². The van der Waals surface area contributed by atoms with Crippen LogP contribution in [0.15, 0.2) is 18.2 Å². The molecule has 0 aliphatic carbocycles. The molecule has 0 fully saturated rings. The maximum absolute atomic E-state index is 6.04. The van der Waals surface area contributed by atoms with E-state index in [4.69, 9.17) is 15.2 Å². The second-order valence-corrected chi connectivity index (χ2v) is 4.70. The first-order chi connectivity index (χ1) is 9.69. The SMILES string of the molecule is CCn1nc(C)c(N)c1NCc1ccc2c(c1)OCO2. The number of nitrogens with zero attached hydrogens (tertiary/aromatic N) is 2. The summed E-state index contributed by atoms with van der Waals surface area (Å²) in [6.45, 7) is 5.68. The molecule has 0 saturated carbocycles. The van der Waals surface area contributed by atoms with E-state index in [1.54, 1.807) is 0 Å². The second-order valence-electron chi connectivity index (χ2n) is 4.70. The molecule has 3 rings (SSSR count). The van der Waals surface area contributed by atoms with Gasteiger partial charge in [0.1, 0.15) is 5.82 Å². The number of rotatable bonds is 4. The van der Waals surface area contributed by atoms with E-state index in [1.807, 2.05) is 36.7 Å². The Hall–Kier alpha value is -2.37. The molecular formula is C14H18N4O2. The highest BCUT2D eigenvalue weighted by molar-refractivity contribution is 5.64. The number of anilines is 2. The summed E-state index contributed by atoms with van der Waals surface area (Å²) < 4.78 is 12.5. The van der Waals surface area contributed by atoms with Crippen molar-refractivity contribution >= 4 is 11.5 Å². The lowest BCUT2D eigenvalue weighted by molar-refractivity contribution is 0.174. The summed E-state index contributed by atoms with van der Waals surface area (Å²) in [7, 11) is 0. The Kier molecular flexibility index (Phi) is 3.14. The van der Waals surface area contributed by atoms with E-state index >= 15 is 0 Å². The summed E-state index contributed by atoms with van der Waals surface area (Å²) in [5, 5.41) is 7.72.